The molecule has 3 aromatic rings. The molecule has 0 atom stereocenters. The van der Waals surface area contributed by atoms with Crippen molar-refractivity contribution in [1.29, 1.82) is 0 Å². The summed E-state index contributed by atoms with van der Waals surface area (Å²) >= 11 is 0. The van der Waals surface area contributed by atoms with Gasteiger partial charge in [0.25, 0.3) is 5.91 Å². The molecule has 0 aliphatic carbocycles. The molecule has 0 aliphatic rings. The lowest BCUT2D eigenvalue weighted by atomic mass is 9.92. The summed E-state index contributed by atoms with van der Waals surface area (Å²) in [6.07, 6.45) is 0.687. The number of likely N-dealkylation sites (N-methyl/N-ethyl adjacent to an activating group) is 1. The summed E-state index contributed by atoms with van der Waals surface area (Å²) < 4.78 is 5.73. The quantitative estimate of drug-likeness (QED) is 0.290. The third-order valence-electron chi connectivity index (χ3n) is 5.08. The van der Waals surface area contributed by atoms with Crippen LogP contribution in [0.4, 0.5) is 5.69 Å². The topological polar surface area (TPSA) is 61.8 Å². The summed E-state index contributed by atoms with van der Waals surface area (Å²) in [5.41, 5.74) is 3.97. The second-order valence-electron chi connectivity index (χ2n) is 7.75. The Bertz CT molecular complexity index is 1040. The average Bonchev–Trinajstić information content (AvgIpc) is 2.86. The van der Waals surface area contributed by atoms with Crippen molar-refractivity contribution in [2.24, 2.45) is 0 Å². The Labute approximate surface area is 203 Å². The molecule has 3 aromatic carbocycles. The van der Waals surface area contributed by atoms with Crippen LogP contribution in [0.2, 0.25) is 0 Å². The zero-order valence-electron chi connectivity index (χ0n) is 20.8. The van der Waals surface area contributed by atoms with E-state index in [2.05, 4.69) is 10.2 Å². The molecule has 180 valence electrons. The number of nitrogens with one attached hydrogen (secondary N) is 1. The molecule has 0 aliphatic heterocycles. The minimum absolute atomic E-state index is 0.163. The number of benzene rings is 3. The Balaban J connectivity index is 0.00000199. The molecule has 0 fully saturated rings. The lowest BCUT2D eigenvalue weighted by Gasteiger charge is -2.16. The molecule has 0 saturated heterocycles. The number of hydrogen-bond donors (Lipinski definition) is 2. The van der Waals surface area contributed by atoms with Crippen LogP contribution in [-0.2, 0) is 4.79 Å². The van der Waals surface area contributed by atoms with Gasteiger partial charge in [0.2, 0.25) is 0 Å². The highest BCUT2D eigenvalue weighted by Gasteiger charge is 2.18. The van der Waals surface area contributed by atoms with Gasteiger partial charge in [-0.05, 0) is 73.6 Å². The van der Waals surface area contributed by atoms with Crippen LogP contribution < -0.4 is 10.1 Å². The molecular formula is C29H36N2O3. The maximum Gasteiger partial charge on any atom is 0.256 e. The number of nitrogens with zero attached hydrogens (tertiary/aromatic N) is 1. The number of carbonyl (C=O) groups is 1. The molecule has 5 heteroatoms. The monoisotopic (exact) mass is 460 g/mol. The Hall–Kier alpha value is -3.57. The fourth-order valence-electron chi connectivity index (χ4n) is 3.41. The fourth-order valence-corrected chi connectivity index (χ4v) is 3.41. The van der Waals surface area contributed by atoms with Crippen molar-refractivity contribution in [3.63, 3.8) is 0 Å². The van der Waals surface area contributed by atoms with Crippen LogP contribution in [0.25, 0.3) is 11.1 Å². The number of amides is 1. The van der Waals surface area contributed by atoms with Gasteiger partial charge in [-0.2, -0.15) is 0 Å². The summed E-state index contributed by atoms with van der Waals surface area (Å²) in [6, 6.07) is 24.0. The van der Waals surface area contributed by atoms with E-state index >= 15 is 0 Å². The first-order valence-corrected chi connectivity index (χ1v) is 11.7. The van der Waals surface area contributed by atoms with Gasteiger partial charge in [-0.15, -0.1) is 0 Å². The number of phenolic OH excluding ortho intramolecular Hbond substituents is 1. The van der Waals surface area contributed by atoms with Crippen molar-refractivity contribution in [2.75, 3.05) is 32.6 Å². The van der Waals surface area contributed by atoms with E-state index in [1.807, 2.05) is 89.5 Å². The van der Waals surface area contributed by atoms with Crippen LogP contribution in [0.15, 0.2) is 78.9 Å². The minimum atomic E-state index is -0.197. The molecule has 0 bridgehead atoms. The van der Waals surface area contributed by atoms with Crippen LogP contribution in [0.5, 0.6) is 11.5 Å². The number of aromatic hydroxyl groups is 1. The number of phenols is 1. The molecule has 5 nitrogen and oxygen atoms in total. The van der Waals surface area contributed by atoms with E-state index in [4.69, 9.17) is 4.74 Å². The summed E-state index contributed by atoms with van der Waals surface area (Å²) in [5, 5.41) is 12.7. The second kappa shape index (κ2) is 13.9. The third kappa shape index (κ3) is 7.78. The van der Waals surface area contributed by atoms with Gasteiger partial charge in [-0.1, -0.05) is 63.2 Å². The molecule has 0 radical (unpaired) electrons. The van der Waals surface area contributed by atoms with Crippen LogP contribution in [0, 0.1) is 0 Å². The molecule has 3 rings (SSSR count). The molecular weight excluding hydrogens is 424 g/mol. The highest BCUT2D eigenvalue weighted by Crippen LogP contribution is 2.31. The summed E-state index contributed by atoms with van der Waals surface area (Å²) in [5.74, 6) is 0.728. The van der Waals surface area contributed by atoms with Crippen molar-refractivity contribution in [3.8, 4) is 11.5 Å². The Morgan fingerprint density at radius 3 is 2.06 bits per heavy atom. The van der Waals surface area contributed by atoms with Gasteiger partial charge < -0.3 is 20.1 Å². The van der Waals surface area contributed by atoms with E-state index in [1.54, 1.807) is 24.3 Å². The predicted molar refractivity (Wildman–Crippen MR) is 142 cm³/mol. The van der Waals surface area contributed by atoms with Crippen LogP contribution in [-0.4, -0.2) is 43.2 Å². The SMILES string of the molecule is CC.CC/C(=C(\C(=O)Nc1ccc(OCCN(C)C)cc1)c1ccc(O)cc1)c1ccccc1. The van der Waals surface area contributed by atoms with E-state index < -0.39 is 0 Å². The fraction of sp³-hybridized carbons (Fsp3) is 0.276. The molecule has 0 saturated carbocycles. The lowest BCUT2D eigenvalue weighted by molar-refractivity contribution is -0.111. The average molecular weight is 461 g/mol. The van der Waals surface area contributed by atoms with Crippen LogP contribution in [0.1, 0.15) is 38.3 Å². The van der Waals surface area contributed by atoms with Gasteiger partial charge in [0.15, 0.2) is 0 Å². The first-order valence-electron chi connectivity index (χ1n) is 11.7. The van der Waals surface area contributed by atoms with Crippen molar-refractivity contribution in [1.82, 2.24) is 4.90 Å². The molecule has 0 aromatic heterocycles. The van der Waals surface area contributed by atoms with Gasteiger partial charge in [-0.25, -0.2) is 0 Å². The zero-order valence-corrected chi connectivity index (χ0v) is 20.8. The van der Waals surface area contributed by atoms with Crippen LogP contribution in [0.3, 0.4) is 0 Å². The van der Waals surface area contributed by atoms with Gasteiger partial charge in [-0.3, -0.25) is 4.79 Å². The number of anilines is 1. The van der Waals surface area contributed by atoms with E-state index in [-0.39, 0.29) is 11.7 Å². The minimum Gasteiger partial charge on any atom is -0.508 e. The molecule has 0 unspecified atom stereocenters. The zero-order chi connectivity index (χ0) is 24.9. The smallest absolute Gasteiger partial charge is 0.256 e. The first-order chi connectivity index (χ1) is 16.5. The van der Waals surface area contributed by atoms with Gasteiger partial charge in [0, 0.05) is 12.2 Å². The van der Waals surface area contributed by atoms with Gasteiger partial charge in [0.05, 0.1) is 5.57 Å². The Kier molecular flexibility index (Phi) is 10.9. The number of ether oxygens (including phenoxy) is 1. The molecule has 0 spiro atoms. The Morgan fingerprint density at radius 1 is 0.882 bits per heavy atom. The largest absolute Gasteiger partial charge is 0.508 e. The van der Waals surface area contributed by atoms with Gasteiger partial charge >= 0.3 is 0 Å². The number of allylic oxidation sites excluding steroid dienone is 1. The molecule has 0 heterocycles. The van der Waals surface area contributed by atoms with Crippen molar-refractivity contribution < 1.29 is 14.6 Å². The first kappa shape index (κ1) is 26.7. The summed E-state index contributed by atoms with van der Waals surface area (Å²) in [6.45, 7) is 7.47. The maximum absolute atomic E-state index is 13.4. The number of rotatable bonds is 9. The number of carbonyl (C=O) groups excluding carboxylic acids is 1. The highest BCUT2D eigenvalue weighted by atomic mass is 16.5. The predicted octanol–water partition coefficient (Wildman–Crippen LogP) is 6.32. The van der Waals surface area contributed by atoms with E-state index in [0.29, 0.717) is 24.3 Å². The van der Waals surface area contributed by atoms with Crippen molar-refractivity contribution >= 4 is 22.7 Å². The van der Waals surface area contributed by atoms with Crippen LogP contribution >= 0.6 is 0 Å². The summed E-state index contributed by atoms with van der Waals surface area (Å²) in [7, 11) is 4.00. The number of hydrogen-bond acceptors (Lipinski definition) is 4. The lowest BCUT2D eigenvalue weighted by Crippen LogP contribution is -2.19. The van der Waals surface area contributed by atoms with E-state index in [1.165, 1.54) is 0 Å². The van der Waals surface area contributed by atoms with Crippen molar-refractivity contribution in [3.05, 3.63) is 90.0 Å². The maximum atomic E-state index is 13.4. The third-order valence-corrected chi connectivity index (χ3v) is 5.08. The standard InChI is InChI=1S/C27H30N2O3.C2H6/c1-4-25(20-8-6-5-7-9-20)26(21-10-14-23(30)15-11-21)27(31)28-22-12-16-24(17-13-22)32-19-18-29(2)3;1-2/h5-17,30H,4,18-19H2,1-3H3,(H,28,31);1-2H3/b26-25+;. The van der Waals surface area contributed by atoms with E-state index in [0.717, 1.165) is 29.0 Å². The van der Waals surface area contributed by atoms with Crippen molar-refractivity contribution in [2.45, 2.75) is 27.2 Å². The summed E-state index contributed by atoms with van der Waals surface area (Å²) in [4.78, 5) is 15.5. The van der Waals surface area contributed by atoms with E-state index in [9.17, 15) is 9.90 Å². The van der Waals surface area contributed by atoms with Gasteiger partial charge in [0.1, 0.15) is 18.1 Å². The normalized spacial score (nSPS) is 11.2. The molecule has 2 N–H and O–H groups in total. The Morgan fingerprint density at radius 2 is 1.50 bits per heavy atom. The second-order valence-corrected chi connectivity index (χ2v) is 7.75. The molecule has 1 amide bonds. The highest BCUT2D eigenvalue weighted by molar-refractivity contribution is 6.31. The molecule has 34 heavy (non-hydrogen) atoms.